The Labute approximate surface area is 126 Å². The molecule has 21 heavy (non-hydrogen) atoms. The maximum Gasteiger partial charge on any atom is 0.347 e. The Kier molecular flexibility index (Phi) is 3.29. The summed E-state index contributed by atoms with van der Waals surface area (Å²) in [6.07, 6.45) is 0. The summed E-state index contributed by atoms with van der Waals surface area (Å²) in [5, 5.41) is 11.1. The van der Waals surface area contributed by atoms with E-state index in [9.17, 15) is 9.90 Å². The molecule has 0 saturated heterocycles. The highest BCUT2D eigenvalue weighted by molar-refractivity contribution is 7.17. The van der Waals surface area contributed by atoms with Gasteiger partial charge in [-0.05, 0) is 26.8 Å². The fourth-order valence-electron chi connectivity index (χ4n) is 2.81. The molecule has 4 nitrogen and oxygen atoms in total. The Morgan fingerprint density at radius 2 is 2.05 bits per heavy atom. The van der Waals surface area contributed by atoms with Gasteiger partial charge in [-0.1, -0.05) is 18.2 Å². The molecule has 0 bridgehead atoms. The second-order valence-corrected chi connectivity index (χ2v) is 5.96. The van der Waals surface area contributed by atoms with Gasteiger partial charge in [-0.2, -0.15) is 0 Å². The summed E-state index contributed by atoms with van der Waals surface area (Å²) in [5.41, 5.74) is 3.92. The van der Waals surface area contributed by atoms with Crippen molar-refractivity contribution >= 4 is 28.2 Å². The van der Waals surface area contributed by atoms with Crippen LogP contribution in [0.2, 0.25) is 0 Å². The van der Waals surface area contributed by atoms with Gasteiger partial charge in [0.15, 0.2) is 0 Å². The van der Waals surface area contributed by atoms with Crippen molar-refractivity contribution in [1.29, 1.82) is 0 Å². The third kappa shape index (κ3) is 2.05. The Morgan fingerprint density at radius 3 is 2.67 bits per heavy atom. The lowest BCUT2D eigenvalue weighted by Crippen LogP contribution is -1.96. The van der Waals surface area contributed by atoms with Crippen LogP contribution in [-0.4, -0.2) is 20.6 Å². The van der Waals surface area contributed by atoms with E-state index in [0.717, 1.165) is 33.7 Å². The van der Waals surface area contributed by atoms with Gasteiger partial charge in [-0.25, -0.2) is 9.78 Å². The van der Waals surface area contributed by atoms with E-state index in [0.29, 0.717) is 10.6 Å². The average Bonchev–Trinajstić information content (AvgIpc) is 2.95. The van der Waals surface area contributed by atoms with Crippen LogP contribution in [0, 0.1) is 13.8 Å². The van der Waals surface area contributed by atoms with Gasteiger partial charge in [0.25, 0.3) is 0 Å². The normalized spacial score (nSPS) is 11.2. The Balaban J connectivity index is 2.32. The number of aryl methyl sites for hydroxylation is 2. The van der Waals surface area contributed by atoms with E-state index in [1.165, 1.54) is 11.3 Å². The van der Waals surface area contributed by atoms with E-state index in [1.54, 1.807) is 6.92 Å². The predicted octanol–water partition coefficient (Wildman–Crippen LogP) is 4.10. The maximum atomic E-state index is 11.2. The molecule has 2 heterocycles. The lowest BCUT2D eigenvalue weighted by molar-refractivity contribution is 0.0701. The first kappa shape index (κ1) is 13.8. The van der Waals surface area contributed by atoms with Crippen molar-refractivity contribution in [3.05, 3.63) is 40.5 Å². The van der Waals surface area contributed by atoms with Crippen molar-refractivity contribution in [2.24, 2.45) is 0 Å². The number of hydrogen-bond donors (Lipinski definition) is 1. The maximum absolute atomic E-state index is 11.2. The zero-order valence-corrected chi connectivity index (χ0v) is 13.0. The summed E-state index contributed by atoms with van der Waals surface area (Å²) in [6, 6.07) is 8.19. The highest BCUT2D eigenvalue weighted by Gasteiger charge is 2.20. The zero-order valence-electron chi connectivity index (χ0n) is 12.2. The van der Waals surface area contributed by atoms with E-state index >= 15 is 0 Å². The van der Waals surface area contributed by atoms with Gasteiger partial charge >= 0.3 is 5.97 Å². The number of carboxylic acid groups (broad SMARTS) is 1. The summed E-state index contributed by atoms with van der Waals surface area (Å²) >= 11 is 1.25. The SMILES string of the molecule is CCn1c(C)c(-c2nc(C)c(C(=O)O)s2)c2ccccc21. The van der Waals surface area contributed by atoms with E-state index in [-0.39, 0.29) is 0 Å². The van der Waals surface area contributed by atoms with Crippen molar-refractivity contribution in [1.82, 2.24) is 9.55 Å². The van der Waals surface area contributed by atoms with Gasteiger partial charge in [0.1, 0.15) is 9.88 Å². The fourth-order valence-corrected chi connectivity index (χ4v) is 3.83. The molecule has 0 amide bonds. The molecule has 1 N–H and O–H groups in total. The first-order valence-corrected chi connectivity index (χ1v) is 7.65. The minimum Gasteiger partial charge on any atom is -0.477 e. The van der Waals surface area contributed by atoms with Crippen LogP contribution < -0.4 is 0 Å². The molecule has 0 radical (unpaired) electrons. The van der Waals surface area contributed by atoms with Gasteiger partial charge in [0.2, 0.25) is 0 Å². The molecule has 3 rings (SSSR count). The minimum atomic E-state index is -0.909. The van der Waals surface area contributed by atoms with E-state index in [4.69, 9.17) is 0 Å². The summed E-state index contributed by atoms with van der Waals surface area (Å²) in [6.45, 7) is 6.80. The topological polar surface area (TPSA) is 55.1 Å². The van der Waals surface area contributed by atoms with Crippen molar-refractivity contribution in [3.8, 4) is 10.6 Å². The predicted molar refractivity (Wildman–Crippen MR) is 85.2 cm³/mol. The minimum absolute atomic E-state index is 0.317. The number of carbonyl (C=O) groups is 1. The van der Waals surface area contributed by atoms with Gasteiger partial charge in [-0.15, -0.1) is 11.3 Å². The first-order chi connectivity index (χ1) is 10.0. The summed E-state index contributed by atoms with van der Waals surface area (Å²) in [4.78, 5) is 16.0. The molecule has 1 aromatic carbocycles. The number of carboxylic acids is 1. The third-order valence-electron chi connectivity index (χ3n) is 3.75. The van der Waals surface area contributed by atoms with Crippen molar-refractivity contribution in [3.63, 3.8) is 0 Å². The molecule has 0 unspecified atom stereocenters. The van der Waals surface area contributed by atoms with Crippen molar-refractivity contribution in [2.75, 3.05) is 0 Å². The molecule has 5 heteroatoms. The highest BCUT2D eigenvalue weighted by atomic mass is 32.1. The Bertz CT molecular complexity index is 845. The number of nitrogens with zero attached hydrogens (tertiary/aromatic N) is 2. The summed E-state index contributed by atoms with van der Waals surface area (Å²) in [7, 11) is 0. The van der Waals surface area contributed by atoms with Crippen molar-refractivity contribution < 1.29 is 9.90 Å². The number of para-hydroxylation sites is 1. The summed E-state index contributed by atoms with van der Waals surface area (Å²) in [5.74, 6) is -0.909. The number of aromatic carboxylic acids is 1. The van der Waals surface area contributed by atoms with Crippen LogP contribution in [0.15, 0.2) is 24.3 Å². The van der Waals surface area contributed by atoms with Crippen LogP contribution in [0.5, 0.6) is 0 Å². The van der Waals surface area contributed by atoms with Crippen LogP contribution in [0.4, 0.5) is 0 Å². The van der Waals surface area contributed by atoms with Crippen LogP contribution in [0.1, 0.15) is 28.0 Å². The number of benzene rings is 1. The second-order valence-electron chi connectivity index (χ2n) is 4.96. The van der Waals surface area contributed by atoms with Crippen molar-refractivity contribution in [2.45, 2.75) is 27.3 Å². The lowest BCUT2D eigenvalue weighted by atomic mass is 10.1. The molecule has 2 aromatic heterocycles. The van der Waals surface area contributed by atoms with E-state index in [2.05, 4.69) is 35.5 Å². The molecular formula is C16H16N2O2S. The lowest BCUT2D eigenvalue weighted by Gasteiger charge is -2.03. The molecule has 3 aromatic rings. The Morgan fingerprint density at radius 1 is 1.33 bits per heavy atom. The van der Waals surface area contributed by atoms with E-state index in [1.807, 2.05) is 12.1 Å². The summed E-state index contributed by atoms with van der Waals surface area (Å²) < 4.78 is 2.24. The third-order valence-corrected chi connectivity index (χ3v) is 4.91. The number of fused-ring (bicyclic) bond motifs is 1. The molecule has 0 spiro atoms. The Hall–Kier alpha value is -2.14. The van der Waals surface area contributed by atoms with Gasteiger partial charge in [0, 0.05) is 28.7 Å². The molecule has 0 fully saturated rings. The van der Waals surface area contributed by atoms with Crippen LogP contribution in [-0.2, 0) is 6.54 Å². The largest absolute Gasteiger partial charge is 0.477 e. The number of hydrogen-bond acceptors (Lipinski definition) is 3. The number of aromatic nitrogens is 2. The molecule has 108 valence electrons. The fraction of sp³-hybridized carbons (Fsp3) is 0.250. The molecule has 0 aliphatic carbocycles. The van der Waals surface area contributed by atoms with Gasteiger partial charge < -0.3 is 9.67 Å². The van der Waals surface area contributed by atoms with E-state index < -0.39 is 5.97 Å². The van der Waals surface area contributed by atoms with Crippen LogP contribution in [0.25, 0.3) is 21.5 Å². The van der Waals surface area contributed by atoms with Crippen LogP contribution >= 0.6 is 11.3 Å². The molecule has 0 aliphatic heterocycles. The van der Waals surface area contributed by atoms with Crippen LogP contribution in [0.3, 0.4) is 0 Å². The standard InChI is InChI=1S/C16H16N2O2S/c1-4-18-10(3)13(11-7-5-6-8-12(11)18)15-17-9(2)14(21-15)16(19)20/h5-8H,4H2,1-3H3,(H,19,20). The quantitative estimate of drug-likeness (QED) is 0.792. The van der Waals surface area contributed by atoms with Gasteiger partial charge in [0.05, 0.1) is 5.69 Å². The number of rotatable bonds is 3. The molecule has 0 atom stereocenters. The molecule has 0 saturated carbocycles. The smallest absolute Gasteiger partial charge is 0.347 e. The number of thiazole rings is 1. The molecule has 0 aliphatic rings. The highest BCUT2D eigenvalue weighted by Crippen LogP contribution is 2.37. The zero-order chi connectivity index (χ0) is 15.1. The molecular weight excluding hydrogens is 284 g/mol. The average molecular weight is 300 g/mol. The van der Waals surface area contributed by atoms with Gasteiger partial charge in [-0.3, -0.25) is 0 Å². The second kappa shape index (κ2) is 5.00. The first-order valence-electron chi connectivity index (χ1n) is 6.83. The monoisotopic (exact) mass is 300 g/mol.